The monoisotopic (exact) mass is 574 g/mol. The van der Waals surface area contributed by atoms with Crippen LogP contribution < -0.4 is 0 Å². The Morgan fingerprint density at radius 1 is 0.517 bits per heavy atom. The maximum Gasteiger partial charge on any atom is 0.349 e. The van der Waals surface area contributed by atoms with E-state index in [1.165, 1.54) is 0 Å². The molecule has 0 aliphatic rings. The smallest absolute Gasteiger partial charge is 0.349 e. The maximum atomic E-state index is 6.06. The molecule has 29 heavy (non-hydrogen) atoms. The minimum Gasteiger partial charge on any atom is -0.394 e. The Kier molecular flexibility index (Phi) is 20.9. The van der Waals surface area contributed by atoms with E-state index < -0.39 is 17.1 Å². The molecule has 4 nitrogen and oxygen atoms in total. The maximum absolute atomic E-state index is 6.06. The van der Waals surface area contributed by atoms with Crippen LogP contribution in [0.3, 0.4) is 0 Å². The summed E-state index contributed by atoms with van der Waals surface area (Å²) in [5.74, 6) is 0. The summed E-state index contributed by atoms with van der Waals surface area (Å²) >= 11 is 0. The van der Waals surface area contributed by atoms with Crippen molar-refractivity contribution in [2.75, 3.05) is 26.4 Å². The van der Waals surface area contributed by atoms with Crippen molar-refractivity contribution in [2.45, 2.75) is 77.2 Å². The van der Waals surface area contributed by atoms with Gasteiger partial charge in [-0.15, -0.1) is 0 Å². The molecule has 0 heterocycles. The highest BCUT2D eigenvalue weighted by molar-refractivity contribution is 9.46. The molecule has 0 aliphatic heterocycles. The fourth-order valence-electron chi connectivity index (χ4n) is 2.81. The van der Waals surface area contributed by atoms with E-state index in [1.807, 2.05) is 70.7 Å². The lowest BCUT2D eigenvalue weighted by Gasteiger charge is -2.32. The van der Waals surface area contributed by atoms with Crippen LogP contribution in [0.25, 0.3) is 0 Å². The zero-order valence-corrected chi connectivity index (χ0v) is 26.6. The molecule has 0 saturated heterocycles. The van der Waals surface area contributed by atoms with Crippen LogP contribution >= 0.6 is 70.7 Å². The largest absolute Gasteiger partial charge is 0.394 e. The fraction of sp³-hybridized carbons (Fsp3) is 1.00. The number of rotatable bonds is 20. The van der Waals surface area contributed by atoms with E-state index in [0.717, 1.165) is 39.3 Å². The van der Waals surface area contributed by atoms with E-state index in [4.69, 9.17) is 17.7 Å². The van der Waals surface area contributed by atoms with Gasteiger partial charge >= 0.3 is 17.1 Å². The molecule has 2 unspecified atom stereocenters. The van der Waals surface area contributed by atoms with Gasteiger partial charge in [0.25, 0.3) is 0 Å². The highest BCUT2D eigenvalue weighted by Crippen LogP contribution is 2.57. The Morgan fingerprint density at radius 3 is 1.03 bits per heavy atom. The van der Waals surface area contributed by atoms with Crippen molar-refractivity contribution in [3.63, 3.8) is 0 Å². The summed E-state index contributed by atoms with van der Waals surface area (Å²) < 4.78 is 24.3. The Balaban J connectivity index is 4.27. The van der Waals surface area contributed by atoms with Crippen molar-refractivity contribution < 1.29 is 17.7 Å². The van der Waals surface area contributed by atoms with Gasteiger partial charge in [0.15, 0.2) is 0 Å². The molecule has 0 bridgehead atoms. The second kappa shape index (κ2) is 19.1. The normalized spacial score (nSPS) is 14.9. The van der Waals surface area contributed by atoms with Gasteiger partial charge in [0.2, 0.25) is 0 Å². The van der Waals surface area contributed by atoms with Crippen molar-refractivity contribution >= 4 is 87.8 Å². The van der Waals surface area contributed by atoms with Crippen LogP contribution in [0.4, 0.5) is 0 Å². The van der Waals surface area contributed by atoms with Crippen LogP contribution in [0.2, 0.25) is 13.1 Å². The van der Waals surface area contributed by atoms with Gasteiger partial charge in [0.1, 0.15) is 0 Å². The third-order valence-corrected chi connectivity index (χ3v) is 28.4. The summed E-state index contributed by atoms with van der Waals surface area (Å²) in [5, 5.41) is 0. The highest BCUT2D eigenvalue weighted by atomic mass is 33.9. The van der Waals surface area contributed by atoms with Gasteiger partial charge in [0.05, 0.1) is 9.75 Å². The van der Waals surface area contributed by atoms with Gasteiger partial charge in [0, 0.05) is 26.4 Å². The van der Waals surface area contributed by atoms with E-state index in [0.29, 0.717) is 9.75 Å². The van der Waals surface area contributed by atoms with Crippen LogP contribution in [-0.4, -0.2) is 53.3 Å². The van der Waals surface area contributed by atoms with E-state index in [-0.39, 0.29) is 0 Å². The van der Waals surface area contributed by atoms with Gasteiger partial charge in [-0.25, -0.2) is 0 Å². The van der Waals surface area contributed by atoms with Crippen molar-refractivity contribution in [2.24, 2.45) is 0 Å². The van der Waals surface area contributed by atoms with Gasteiger partial charge in [-0.1, -0.05) is 35.4 Å². The van der Waals surface area contributed by atoms with E-state index in [9.17, 15) is 0 Å². The van der Waals surface area contributed by atoms with Crippen LogP contribution in [0.15, 0.2) is 0 Å². The Labute approximate surface area is 207 Å². The van der Waals surface area contributed by atoms with Crippen LogP contribution in [0, 0.1) is 0 Å². The summed E-state index contributed by atoms with van der Waals surface area (Å²) in [6.07, 6.45) is 2.14. The predicted molar refractivity (Wildman–Crippen MR) is 151 cm³/mol. The number of hydrogen-bond donors (Lipinski definition) is 0. The molecule has 13 heteroatoms. The first-order valence-corrected chi connectivity index (χ1v) is 23.8. The van der Waals surface area contributed by atoms with Crippen molar-refractivity contribution in [1.29, 1.82) is 0 Å². The van der Waals surface area contributed by atoms with E-state index in [1.54, 1.807) is 0 Å². The molecule has 0 radical (unpaired) electrons. The molecule has 176 valence electrons. The summed E-state index contributed by atoms with van der Waals surface area (Å²) in [6, 6.07) is 0. The van der Waals surface area contributed by atoms with Crippen LogP contribution in [0.1, 0.15) is 54.4 Å². The molecular formula is C16H38O4S7Si2. The average molecular weight is 575 g/mol. The highest BCUT2D eigenvalue weighted by Gasteiger charge is 2.41. The minimum atomic E-state index is -2.13. The first kappa shape index (κ1) is 31.7. The lowest BCUT2D eigenvalue weighted by molar-refractivity contribution is 0.186. The molecule has 0 amide bonds. The molecule has 0 aliphatic carbocycles. The lowest BCUT2D eigenvalue weighted by atomic mass is 10.6. The molecule has 0 aromatic carbocycles. The third kappa shape index (κ3) is 12.7. The van der Waals surface area contributed by atoms with Crippen LogP contribution in [-0.2, 0) is 17.7 Å². The Hall–Kier alpha value is 2.72. The van der Waals surface area contributed by atoms with E-state index in [2.05, 4.69) is 54.6 Å². The predicted octanol–water partition coefficient (Wildman–Crippen LogP) is 8.53. The quantitative estimate of drug-likeness (QED) is 0.0797. The second-order valence-electron chi connectivity index (χ2n) is 6.09. The average Bonchev–Trinajstić information content (AvgIpc) is 2.67. The molecule has 0 N–H and O–H groups in total. The molecule has 0 saturated carbocycles. The Bertz CT molecular complexity index is 356. The summed E-state index contributed by atoms with van der Waals surface area (Å²) in [4.78, 5) is 0.863. The minimum absolute atomic E-state index is 0.432. The van der Waals surface area contributed by atoms with Gasteiger partial charge in [-0.05, 0) is 103 Å². The molecular weight excluding hydrogens is 537 g/mol. The summed E-state index contributed by atoms with van der Waals surface area (Å²) in [7, 11) is 8.68. The molecule has 0 rings (SSSR count). The first-order valence-electron chi connectivity index (χ1n) is 10.1. The molecule has 2 atom stereocenters. The van der Waals surface area contributed by atoms with Gasteiger partial charge in [-0.3, -0.25) is 0 Å². The molecule has 0 spiro atoms. The topological polar surface area (TPSA) is 36.9 Å². The van der Waals surface area contributed by atoms with Crippen LogP contribution in [0.5, 0.6) is 0 Å². The Morgan fingerprint density at radius 2 is 0.793 bits per heavy atom. The molecule has 0 aromatic rings. The lowest BCUT2D eigenvalue weighted by Crippen LogP contribution is -2.48. The third-order valence-electron chi connectivity index (χ3n) is 4.06. The summed E-state index contributed by atoms with van der Waals surface area (Å²) in [6.45, 7) is 20.0. The van der Waals surface area contributed by atoms with Crippen molar-refractivity contribution in [3.05, 3.63) is 0 Å². The van der Waals surface area contributed by atoms with Gasteiger partial charge < -0.3 is 17.7 Å². The standard InChI is InChI=1S/C16H38O4S7Si2/c1-9-15(28(7,17-11-3)18-12-4)21-23-25-27-26-24-22-16(10-2)29(8,19-13-5)20-14-6/h15-16H,9-14H2,1-8H3. The zero-order valence-electron chi connectivity index (χ0n) is 18.9. The summed E-state index contributed by atoms with van der Waals surface area (Å²) in [5.41, 5.74) is 0. The second-order valence-corrected chi connectivity index (χ2v) is 25.1. The van der Waals surface area contributed by atoms with Crippen molar-refractivity contribution in [1.82, 2.24) is 0 Å². The number of hydrogen-bond acceptors (Lipinski definition) is 11. The van der Waals surface area contributed by atoms with E-state index >= 15 is 0 Å². The molecule has 0 fully saturated rings. The van der Waals surface area contributed by atoms with Crippen molar-refractivity contribution in [3.8, 4) is 0 Å². The SMILES string of the molecule is CCO[Si](C)(OCC)C(CC)SSSSSSSC(CC)[Si](C)(OCC)OCC. The fourth-order valence-corrected chi connectivity index (χ4v) is 29.3. The zero-order chi connectivity index (χ0) is 22.2. The molecule has 0 aromatic heterocycles. The van der Waals surface area contributed by atoms with Gasteiger partial charge in [-0.2, -0.15) is 0 Å². The first-order chi connectivity index (χ1) is 13.9.